The largest absolute Gasteiger partial charge is 0.392 e. The zero-order valence-electron chi connectivity index (χ0n) is 13.1. The summed E-state index contributed by atoms with van der Waals surface area (Å²) in [6.45, 7) is 6.83. The molecule has 1 aromatic carbocycles. The van der Waals surface area contributed by atoms with E-state index in [0.29, 0.717) is 0 Å². The van der Waals surface area contributed by atoms with Gasteiger partial charge in [-0.1, -0.05) is 18.2 Å². The normalized spacial score (nSPS) is 16.1. The van der Waals surface area contributed by atoms with Gasteiger partial charge in [-0.2, -0.15) is 0 Å². The quantitative estimate of drug-likeness (QED) is 0.910. The number of nitrogens with zero attached hydrogens (tertiary/aromatic N) is 2. The van der Waals surface area contributed by atoms with Crippen LogP contribution in [0.15, 0.2) is 24.3 Å². The van der Waals surface area contributed by atoms with Gasteiger partial charge >= 0.3 is 0 Å². The highest BCUT2D eigenvalue weighted by Gasteiger charge is 2.18. The molecule has 5 heteroatoms. The molecule has 22 heavy (non-hydrogen) atoms. The standard InChI is InChI=1S/C17H22N2O.2ClH/c1-12(20)11-19-9-7-15-13(2)14-5-3-4-6-16(14)18-17(15)8-10-19;;/h3-6,12,20H,7-11H2,1-2H3;2*1H. The number of para-hydroxylation sites is 1. The topological polar surface area (TPSA) is 36.4 Å². The summed E-state index contributed by atoms with van der Waals surface area (Å²) in [5.74, 6) is 0. The third-order valence-electron chi connectivity index (χ3n) is 4.23. The Hall–Kier alpha value is -0.870. The van der Waals surface area contributed by atoms with Gasteiger partial charge in [-0.15, -0.1) is 24.8 Å². The zero-order chi connectivity index (χ0) is 14.1. The second-order valence-electron chi connectivity index (χ2n) is 5.83. The van der Waals surface area contributed by atoms with Crippen molar-refractivity contribution in [3.05, 3.63) is 41.1 Å². The van der Waals surface area contributed by atoms with E-state index in [-0.39, 0.29) is 30.9 Å². The predicted octanol–water partition coefficient (Wildman–Crippen LogP) is 3.17. The Morgan fingerprint density at radius 1 is 1.18 bits per heavy atom. The molecule has 0 radical (unpaired) electrons. The van der Waals surface area contributed by atoms with Crippen molar-refractivity contribution in [1.29, 1.82) is 0 Å². The lowest BCUT2D eigenvalue weighted by Crippen LogP contribution is -2.33. The molecule has 0 saturated carbocycles. The molecule has 0 fully saturated rings. The number of aromatic nitrogens is 1. The maximum atomic E-state index is 9.57. The van der Waals surface area contributed by atoms with Crippen molar-refractivity contribution < 1.29 is 5.11 Å². The average Bonchev–Trinajstić information content (AvgIpc) is 2.62. The summed E-state index contributed by atoms with van der Waals surface area (Å²) >= 11 is 0. The van der Waals surface area contributed by atoms with Gasteiger partial charge in [0, 0.05) is 37.1 Å². The van der Waals surface area contributed by atoms with E-state index in [2.05, 4.69) is 36.1 Å². The molecule has 2 heterocycles. The lowest BCUT2D eigenvalue weighted by Gasteiger charge is -2.20. The zero-order valence-corrected chi connectivity index (χ0v) is 14.7. The summed E-state index contributed by atoms with van der Waals surface area (Å²) in [4.78, 5) is 7.20. The van der Waals surface area contributed by atoms with Crippen molar-refractivity contribution in [2.24, 2.45) is 0 Å². The van der Waals surface area contributed by atoms with Crippen molar-refractivity contribution in [1.82, 2.24) is 9.88 Å². The molecule has 0 amide bonds. The summed E-state index contributed by atoms with van der Waals surface area (Å²) < 4.78 is 0. The molecule has 2 aromatic rings. The third kappa shape index (κ3) is 3.90. The van der Waals surface area contributed by atoms with Gasteiger partial charge in [0.1, 0.15) is 0 Å². The smallest absolute Gasteiger partial charge is 0.0708 e. The monoisotopic (exact) mass is 342 g/mol. The lowest BCUT2D eigenvalue weighted by molar-refractivity contribution is 0.129. The minimum atomic E-state index is -0.260. The number of aryl methyl sites for hydroxylation is 1. The highest BCUT2D eigenvalue weighted by molar-refractivity contribution is 5.85. The number of fused-ring (bicyclic) bond motifs is 2. The van der Waals surface area contributed by atoms with Crippen LogP contribution in [0.5, 0.6) is 0 Å². The number of aliphatic hydroxyl groups excluding tert-OH is 1. The van der Waals surface area contributed by atoms with Crippen LogP contribution in [0.2, 0.25) is 0 Å². The first-order chi connectivity index (χ1) is 9.65. The van der Waals surface area contributed by atoms with Crippen molar-refractivity contribution in [3.8, 4) is 0 Å². The highest BCUT2D eigenvalue weighted by Crippen LogP contribution is 2.25. The molecule has 1 aromatic heterocycles. The maximum Gasteiger partial charge on any atom is 0.0708 e. The average molecular weight is 343 g/mol. The fraction of sp³-hybridized carbons (Fsp3) is 0.471. The van der Waals surface area contributed by atoms with E-state index in [0.717, 1.165) is 38.0 Å². The van der Waals surface area contributed by atoms with Crippen molar-refractivity contribution in [2.45, 2.75) is 32.8 Å². The van der Waals surface area contributed by atoms with Crippen molar-refractivity contribution in [2.75, 3.05) is 19.6 Å². The Morgan fingerprint density at radius 3 is 2.59 bits per heavy atom. The minimum absolute atomic E-state index is 0. The van der Waals surface area contributed by atoms with E-state index in [1.54, 1.807) is 0 Å². The summed E-state index contributed by atoms with van der Waals surface area (Å²) in [5.41, 5.74) is 5.14. The summed E-state index contributed by atoms with van der Waals surface area (Å²) in [5, 5.41) is 10.8. The highest BCUT2D eigenvalue weighted by atomic mass is 35.5. The summed E-state index contributed by atoms with van der Waals surface area (Å²) in [6.07, 6.45) is 1.75. The van der Waals surface area contributed by atoms with Gasteiger partial charge in [0.05, 0.1) is 11.6 Å². The second-order valence-corrected chi connectivity index (χ2v) is 5.83. The maximum absolute atomic E-state index is 9.57. The molecule has 1 N–H and O–H groups in total. The Kier molecular flexibility index (Phi) is 7.07. The molecule has 0 aliphatic carbocycles. The van der Waals surface area contributed by atoms with Gasteiger partial charge in [0.15, 0.2) is 0 Å². The van der Waals surface area contributed by atoms with Gasteiger partial charge < -0.3 is 10.0 Å². The van der Waals surface area contributed by atoms with Gasteiger partial charge in [0.25, 0.3) is 0 Å². The van der Waals surface area contributed by atoms with Crippen LogP contribution in [0, 0.1) is 6.92 Å². The van der Waals surface area contributed by atoms with Crippen LogP contribution in [0.1, 0.15) is 23.7 Å². The van der Waals surface area contributed by atoms with Gasteiger partial charge in [-0.05, 0) is 37.5 Å². The van der Waals surface area contributed by atoms with E-state index >= 15 is 0 Å². The van der Waals surface area contributed by atoms with E-state index < -0.39 is 0 Å². The van der Waals surface area contributed by atoms with Crippen LogP contribution in [-0.2, 0) is 12.8 Å². The SMILES string of the molecule is Cc1c2c(nc3ccccc13)CCN(CC(C)O)CC2.Cl.Cl. The molecular weight excluding hydrogens is 319 g/mol. The van der Waals surface area contributed by atoms with Crippen LogP contribution in [0.4, 0.5) is 0 Å². The number of aliphatic hydroxyl groups is 1. The van der Waals surface area contributed by atoms with E-state index in [1.807, 2.05) is 6.92 Å². The second kappa shape index (κ2) is 8.11. The molecule has 3 rings (SSSR count). The van der Waals surface area contributed by atoms with Crippen LogP contribution in [0.25, 0.3) is 10.9 Å². The number of hydrogen-bond acceptors (Lipinski definition) is 3. The number of β-amino-alcohol motifs (C(OH)–C–C–N with tert-alkyl or cyclic N) is 1. The first-order valence-corrected chi connectivity index (χ1v) is 7.42. The van der Waals surface area contributed by atoms with Crippen LogP contribution in [0.3, 0.4) is 0 Å². The van der Waals surface area contributed by atoms with Crippen LogP contribution in [-0.4, -0.2) is 40.7 Å². The first kappa shape index (κ1) is 19.2. The Labute approximate surface area is 144 Å². The summed E-state index contributed by atoms with van der Waals surface area (Å²) in [7, 11) is 0. The number of halogens is 2. The minimum Gasteiger partial charge on any atom is -0.392 e. The van der Waals surface area contributed by atoms with E-state index in [9.17, 15) is 5.11 Å². The van der Waals surface area contributed by atoms with Gasteiger partial charge in [-0.25, -0.2) is 0 Å². The molecule has 1 atom stereocenters. The van der Waals surface area contributed by atoms with Crippen LogP contribution >= 0.6 is 24.8 Å². The molecule has 1 aliphatic rings. The molecule has 0 spiro atoms. The molecular formula is C17H24Cl2N2O. The van der Waals surface area contributed by atoms with Crippen molar-refractivity contribution in [3.63, 3.8) is 0 Å². The van der Waals surface area contributed by atoms with Gasteiger partial charge in [-0.3, -0.25) is 4.98 Å². The predicted molar refractivity (Wildman–Crippen MR) is 96.5 cm³/mol. The number of benzene rings is 1. The Balaban J connectivity index is 0.00000121. The number of rotatable bonds is 2. The first-order valence-electron chi connectivity index (χ1n) is 7.42. The lowest BCUT2D eigenvalue weighted by atomic mass is 9.99. The van der Waals surface area contributed by atoms with E-state index in [4.69, 9.17) is 4.98 Å². The van der Waals surface area contributed by atoms with Crippen LogP contribution < -0.4 is 0 Å². The van der Waals surface area contributed by atoms with Crippen molar-refractivity contribution >= 4 is 35.7 Å². The molecule has 0 saturated heterocycles. The molecule has 3 nitrogen and oxygen atoms in total. The Bertz CT molecular complexity index is 631. The molecule has 1 unspecified atom stereocenters. The molecule has 0 bridgehead atoms. The fourth-order valence-corrected chi connectivity index (χ4v) is 3.22. The number of hydrogen-bond donors (Lipinski definition) is 1. The third-order valence-corrected chi connectivity index (χ3v) is 4.23. The summed E-state index contributed by atoms with van der Waals surface area (Å²) in [6, 6.07) is 8.40. The molecule has 1 aliphatic heterocycles. The van der Waals surface area contributed by atoms with E-state index in [1.165, 1.54) is 22.2 Å². The van der Waals surface area contributed by atoms with Gasteiger partial charge in [0.2, 0.25) is 0 Å². The fourth-order valence-electron chi connectivity index (χ4n) is 3.22. The number of pyridine rings is 1. The molecule has 122 valence electrons. The Morgan fingerprint density at radius 2 is 1.86 bits per heavy atom.